The molecule has 1 unspecified atom stereocenters. The summed E-state index contributed by atoms with van der Waals surface area (Å²) >= 11 is 3.40. The Morgan fingerprint density at radius 3 is 2.73 bits per heavy atom. The molecule has 1 atom stereocenters. The molecule has 0 aliphatic heterocycles. The molecule has 0 spiro atoms. The Hall–Kier alpha value is -0.680. The van der Waals surface area contributed by atoms with Gasteiger partial charge in [-0.3, -0.25) is 9.48 Å². The Bertz CT molecular complexity index is 372. The fourth-order valence-electron chi connectivity index (χ4n) is 1.35. The first-order chi connectivity index (χ1) is 6.97. The third-order valence-electron chi connectivity index (χ3n) is 2.26. The van der Waals surface area contributed by atoms with Crippen molar-refractivity contribution in [1.29, 1.82) is 0 Å². The van der Waals surface area contributed by atoms with Crippen LogP contribution < -0.4 is 0 Å². The Kier molecular flexibility index (Phi) is 4.04. The van der Waals surface area contributed by atoms with E-state index < -0.39 is 6.10 Å². The summed E-state index contributed by atoms with van der Waals surface area (Å²) in [6.07, 6.45) is -0.704. The van der Waals surface area contributed by atoms with Crippen molar-refractivity contribution in [2.45, 2.75) is 39.8 Å². The molecule has 0 radical (unpaired) electrons. The number of carbonyl (C=O) groups excluding carboxylic acids is 1. The maximum atomic E-state index is 11.4. The van der Waals surface area contributed by atoms with Crippen molar-refractivity contribution >= 4 is 21.7 Å². The predicted molar refractivity (Wildman–Crippen MR) is 60.7 cm³/mol. The van der Waals surface area contributed by atoms with Crippen molar-refractivity contribution in [3.8, 4) is 0 Å². The van der Waals surface area contributed by atoms with E-state index in [2.05, 4.69) is 21.0 Å². The molecule has 15 heavy (non-hydrogen) atoms. The van der Waals surface area contributed by atoms with Crippen molar-refractivity contribution in [1.82, 2.24) is 9.78 Å². The summed E-state index contributed by atoms with van der Waals surface area (Å²) in [6, 6.07) is 0. The van der Waals surface area contributed by atoms with E-state index in [9.17, 15) is 4.79 Å². The Labute approximate surface area is 97.4 Å². The summed E-state index contributed by atoms with van der Waals surface area (Å²) in [6.45, 7) is 6.05. The van der Waals surface area contributed by atoms with Gasteiger partial charge in [0.25, 0.3) is 0 Å². The average molecular weight is 275 g/mol. The minimum absolute atomic E-state index is 0.190. The van der Waals surface area contributed by atoms with Gasteiger partial charge in [-0.1, -0.05) is 0 Å². The Morgan fingerprint density at radius 1 is 1.67 bits per heavy atom. The van der Waals surface area contributed by atoms with Gasteiger partial charge < -0.3 is 5.11 Å². The second kappa shape index (κ2) is 4.90. The molecule has 1 aromatic heterocycles. The summed E-state index contributed by atoms with van der Waals surface area (Å²) in [5.74, 6) is -0.190. The summed E-state index contributed by atoms with van der Waals surface area (Å²) < 4.78 is 2.64. The number of aryl methyl sites for hydroxylation is 2. The minimum atomic E-state index is -0.919. The highest BCUT2D eigenvalue weighted by Crippen LogP contribution is 2.21. The molecular formula is C10H15BrN2O2. The summed E-state index contributed by atoms with van der Waals surface area (Å²) in [5, 5.41) is 13.4. The van der Waals surface area contributed by atoms with Crippen LogP contribution in [-0.2, 0) is 17.8 Å². The predicted octanol–water partition coefficient (Wildman–Crippen LogP) is 1.47. The standard InChI is InChI=1S/C10H15BrN2O2/c1-4-13-8(5-9(15)7(3)14)10(11)6(2)12-13/h7,14H,4-5H2,1-3H3. The molecule has 0 saturated heterocycles. The quantitative estimate of drug-likeness (QED) is 0.905. The molecule has 0 saturated carbocycles. The summed E-state index contributed by atoms with van der Waals surface area (Å²) in [7, 11) is 0. The van der Waals surface area contributed by atoms with E-state index in [1.807, 2.05) is 13.8 Å². The van der Waals surface area contributed by atoms with E-state index in [1.54, 1.807) is 4.68 Å². The lowest BCUT2D eigenvalue weighted by molar-refractivity contribution is -0.125. The van der Waals surface area contributed by atoms with Gasteiger partial charge in [0.15, 0.2) is 5.78 Å². The van der Waals surface area contributed by atoms with E-state index in [-0.39, 0.29) is 12.2 Å². The second-order valence-electron chi connectivity index (χ2n) is 3.48. The van der Waals surface area contributed by atoms with Gasteiger partial charge in [0.2, 0.25) is 0 Å². The monoisotopic (exact) mass is 274 g/mol. The Balaban J connectivity index is 2.97. The van der Waals surface area contributed by atoms with Crippen LogP contribution in [0, 0.1) is 6.92 Å². The number of aromatic nitrogens is 2. The van der Waals surface area contributed by atoms with E-state index in [1.165, 1.54) is 6.92 Å². The molecule has 0 fully saturated rings. The molecule has 0 aliphatic carbocycles. The molecule has 4 nitrogen and oxygen atoms in total. The SMILES string of the molecule is CCn1nc(C)c(Br)c1CC(=O)C(C)O. The maximum absolute atomic E-state index is 11.4. The van der Waals surface area contributed by atoms with Gasteiger partial charge in [-0.2, -0.15) is 5.10 Å². The topological polar surface area (TPSA) is 55.1 Å². The zero-order valence-electron chi connectivity index (χ0n) is 9.12. The van der Waals surface area contributed by atoms with Gasteiger partial charge in [-0.15, -0.1) is 0 Å². The maximum Gasteiger partial charge on any atom is 0.166 e. The van der Waals surface area contributed by atoms with Crippen LogP contribution in [0.3, 0.4) is 0 Å². The third kappa shape index (κ3) is 2.66. The van der Waals surface area contributed by atoms with Crippen LogP contribution in [0.5, 0.6) is 0 Å². The number of aliphatic hydroxyl groups is 1. The van der Waals surface area contributed by atoms with Crippen molar-refractivity contribution in [3.63, 3.8) is 0 Å². The minimum Gasteiger partial charge on any atom is -0.386 e. The van der Waals surface area contributed by atoms with Gasteiger partial charge in [-0.25, -0.2) is 0 Å². The van der Waals surface area contributed by atoms with E-state index >= 15 is 0 Å². The normalized spacial score (nSPS) is 12.9. The first-order valence-electron chi connectivity index (χ1n) is 4.89. The van der Waals surface area contributed by atoms with Crippen LogP contribution >= 0.6 is 15.9 Å². The highest BCUT2D eigenvalue weighted by atomic mass is 79.9. The number of aliphatic hydroxyl groups excluding tert-OH is 1. The van der Waals surface area contributed by atoms with Crippen LogP contribution in [0.25, 0.3) is 0 Å². The number of rotatable bonds is 4. The number of halogens is 1. The zero-order chi connectivity index (χ0) is 11.6. The van der Waals surface area contributed by atoms with Crippen molar-refractivity contribution < 1.29 is 9.90 Å². The van der Waals surface area contributed by atoms with Gasteiger partial charge in [0.05, 0.1) is 22.3 Å². The summed E-state index contributed by atoms with van der Waals surface area (Å²) in [4.78, 5) is 11.4. The molecule has 0 amide bonds. The first kappa shape index (κ1) is 12.4. The molecule has 0 bridgehead atoms. The molecule has 0 aliphatic rings. The van der Waals surface area contributed by atoms with Crippen LogP contribution in [-0.4, -0.2) is 26.8 Å². The number of hydrogen-bond donors (Lipinski definition) is 1. The zero-order valence-corrected chi connectivity index (χ0v) is 10.7. The molecule has 0 aromatic carbocycles. The number of hydrogen-bond acceptors (Lipinski definition) is 3. The molecule has 84 valence electrons. The van der Waals surface area contributed by atoms with Crippen molar-refractivity contribution in [2.75, 3.05) is 0 Å². The molecular weight excluding hydrogens is 260 g/mol. The number of nitrogens with zero attached hydrogens (tertiary/aromatic N) is 2. The van der Waals surface area contributed by atoms with E-state index in [4.69, 9.17) is 5.11 Å². The fourth-order valence-corrected chi connectivity index (χ4v) is 1.77. The lowest BCUT2D eigenvalue weighted by Crippen LogP contribution is -2.20. The van der Waals surface area contributed by atoms with Crippen LogP contribution in [0.2, 0.25) is 0 Å². The van der Waals surface area contributed by atoms with Gasteiger partial charge in [0, 0.05) is 6.54 Å². The van der Waals surface area contributed by atoms with E-state index in [0.29, 0.717) is 0 Å². The lowest BCUT2D eigenvalue weighted by Gasteiger charge is -2.06. The molecule has 1 heterocycles. The van der Waals surface area contributed by atoms with Crippen LogP contribution in [0.4, 0.5) is 0 Å². The van der Waals surface area contributed by atoms with Gasteiger partial charge in [-0.05, 0) is 36.7 Å². The van der Waals surface area contributed by atoms with Crippen LogP contribution in [0.15, 0.2) is 4.47 Å². The largest absolute Gasteiger partial charge is 0.386 e. The summed E-state index contributed by atoms with van der Waals surface area (Å²) in [5.41, 5.74) is 1.70. The molecule has 5 heteroatoms. The smallest absolute Gasteiger partial charge is 0.166 e. The number of Topliss-reactive ketones (excluding diaryl/α,β-unsaturated/α-hetero) is 1. The van der Waals surface area contributed by atoms with E-state index in [0.717, 1.165) is 22.4 Å². The fraction of sp³-hybridized carbons (Fsp3) is 0.600. The molecule has 1 rings (SSSR count). The average Bonchev–Trinajstić information content (AvgIpc) is 2.45. The third-order valence-corrected chi connectivity index (χ3v) is 3.29. The first-order valence-corrected chi connectivity index (χ1v) is 5.69. The second-order valence-corrected chi connectivity index (χ2v) is 4.27. The van der Waals surface area contributed by atoms with Crippen LogP contribution in [0.1, 0.15) is 25.2 Å². The van der Waals surface area contributed by atoms with Gasteiger partial charge >= 0.3 is 0 Å². The Morgan fingerprint density at radius 2 is 2.27 bits per heavy atom. The highest BCUT2D eigenvalue weighted by molar-refractivity contribution is 9.10. The highest BCUT2D eigenvalue weighted by Gasteiger charge is 2.17. The molecule has 1 N–H and O–H groups in total. The van der Waals surface area contributed by atoms with Crippen molar-refractivity contribution in [2.24, 2.45) is 0 Å². The number of carbonyl (C=O) groups is 1. The van der Waals surface area contributed by atoms with Crippen molar-refractivity contribution in [3.05, 3.63) is 15.9 Å². The van der Waals surface area contributed by atoms with Gasteiger partial charge in [0.1, 0.15) is 6.10 Å². The lowest BCUT2D eigenvalue weighted by atomic mass is 10.1. The number of ketones is 1. The molecule has 1 aromatic rings.